The number of fused-ring (bicyclic) bond motifs is 1. The summed E-state index contributed by atoms with van der Waals surface area (Å²) in [4.78, 5) is 24.2. The molecule has 1 aliphatic heterocycles. The van der Waals surface area contributed by atoms with Crippen molar-refractivity contribution in [3.63, 3.8) is 0 Å². The van der Waals surface area contributed by atoms with Crippen LogP contribution in [0.15, 0.2) is 29.4 Å². The molecule has 0 spiro atoms. The number of carbonyl (C=O) groups excluding carboxylic acids is 1. The standard InChI is InChI=1S/C27H38N6OS/c1-5-23-9-6-7-15-32(23)16-8-14-28-25(34)18-35-27-30-26-29-20(3)24(21(4)33(26)31-27)17-22-12-10-19(2)11-13-22/h10-13,23H,5-9,14-18H2,1-4H3,(H,28,34)/t23-/m1/s1. The maximum absolute atomic E-state index is 12.4. The number of piperidine rings is 1. The molecule has 1 aliphatic rings. The molecule has 4 rings (SSSR count). The number of nitrogens with zero attached hydrogens (tertiary/aromatic N) is 5. The van der Waals surface area contributed by atoms with Gasteiger partial charge in [0.1, 0.15) is 0 Å². The number of hydrogen-bond donors (Lipinski definition) is 1. The molecule has 0 bridgehead atoms. The maximum atomic E-state index is 12.4. The summed E-state index contributed by atoms with van der Waals surface area (Å²) in [7, 11) is 0. The lowest BCUT2D eigenvalue weighted by Crippen LogP contribution is -2.40. The first-order valence-corrected chi connectivity index (χ1v) is 13.8. The van der Waals surface area contributed by atoms with E-state index in [4.69, 9.17) is 0 Å². The molecule has 3 aromatic rings. The SMILES string of the molecule is CC[C@@H]1CCCCN1CCCNC(=O)CSc1nc2nc(C)c(Cc3ccc(C)cc3)c(C)n2n1. The second-order valence-electron chi connectivity index (χ2n) is 9.62. The monoisotopic (exact) mass is 494 g/mol. The number of aryl methyl sites for hydroxylation is 3. The molecular weight excluding hydrogens is 456 g/mol. The molecule has 7 nitrogen and oxygen atoms in total. The Bertz CT molecular complexity index is 1140. The van der Waals surface area contributed by atoms with Crippen molar-refractivity contribution in [2.75, 3.05) is 25.4 Å². The van der Waals surface area contributed by atoms with Crippen LogP contribution < -0.4 is 5.32 Å². The van der Waals surface area contributed by atoms with Crippen LogP contribution in [-0.2, 0) is 11.2 Å². The summed E-state index contributed by atoms with van der Waals surface area (Å²) in [5.41, 5.74) is 5.68. The number of amides is 1. The van der Waals surface area contributed by atoms with Crippen LogP contribution in [0.1, 0.15) is 67.1 Å². The highest BCUT2D eigenvalue weighted by Gasteiger charge is 2.20. The second kappa shape index (κ2) is 12.0. The molecule has 1 saturated heterocycles. The summed E-state index contributed by atoms with van der Waals surface area (Å²) in [6.07, 6.45) is 6.98. The maximum Gasteiger partial charge on any atom is 0.253 e. The molecule has 0 unspecified atom stereocenters. The van der Waals surface area contributed by atoms with E-state index in [-0.39, 0.29) is 5.91 Å². The fourth-order valence-electron chi connectivity index (χ4n) is 4.92. The Morgan fingerprint density at radius 3 is 2.71 bits per heavy atom. The molecule has 0 aliphatic carbocycles. The highest BCUT2D eigenvalue weighted by atomic mass is 32.2. The minimum absolute atomic E-state index is 0.0282. The van der Waals surface area contributed by atoms with Gasteiger partial charge in [0, 0.05) is 36.9 Å². The van der Waals surface area contributed by atoms with Gasteiger partial charge in [-0.2, -0.15) is 4.98 Å². The Balaban J connectivity index is 1.29. The summed E-state index contributed by atoms with van der Waals surface area (Å²) in [6, 6.07) is 9.31. The Morgan fingerprint density at radius 2 is 1.94 bits per heavy atom. The third kappa shape index (κ3) is 6.61. The van der Waals surface area contributed by atoms with Gasteiger partial charge in [0.2, 0.25) is 11.1 Å². The molecule has 8 heteroatoms. The van der Waals surface area contributed by atoms with E-state index in [2.05, 4.69) is 70.3 Å². The van der Waals surface area contributed by atoms with Gasteiger partial charge in [-0.05, 0) is 64.1 Å². The van der Waals surface area contributed by atoms with Crippen molar-refractivity contribution < 1.29 is 4.79 Å². The summed E-state index contributed by atoms with van der Waals surface area (Å²) in [6.45, 7) is 11.4. The quantitative estimate of drug-likeness (QED) is 0.330. The Labute approximate surface area is 213 Å². The molecule has 1 atom stereocenters. The highest BCUT2D eigenvalue weighted by Crippen LogP contribution is 2.21. The zero-order valence-corrected chi connectivity index (χ0v) is 22.3. The minimum atomic E-state index is 0.0282. The predicted molar refractivity (Wildman–Crippen MR) is 142 cm³/mol. The number of carbonyl (C=O) groups is 1. The van der Waals surface area contributed by atoms with Gasteiger partial charge < -0.3 is 10.2 Å². The number of likely N-dealkylation sites (tertiary alicyclic amines) is 1. The molecule has 0 saturated carbocycles. The smallest absolute Gasteiger partial charge is 0.253 e. The van der Waals surface area contributed by atoms with Crippen LogP contribution >= 0.6 is 11.8 Å². The number of nitrogens with one attached hydrogen (secondary N) is 1. The molecule has 1 amide bonds. The summed E-state index contributed by atoms with van der Waals surface area (Å²) in [5, 5.41) is 8.28. The van der Waals surface area contributed by atoms with Crippen LogP contribution in [0, 0.1) is 20.8 Å². The average molecular weight is 495 g/mol. The normalized spacial score (nSPS) is 16.6. The van der Waals surface area contributed by atoms with Crippen molar-refractivity contribution in [3.05, 3.63) is 52.3 Å². The van der Waals surface area contributed by atoms with E-state index in [1.807, 2.05) is 6.92 Å². The fourth-order valence-corrected chi connectivity index (χ4v) is 5.57. The number of aromatic nitrogens is 4. The van der Waals surface area contributed by atoms with Crippen molar-refractivity contribution in [1.82, 2.24) is 29.8 Å². The molecule has 3 heterocycles. The van der Waals surface area contributed by atoms with E-state index in [1.165, 1.54) is 60.7 Å². The van der Waals surface area contributed by atoms with Gasteiger partial charge in [0.05, 0.1) is 5.75 Å². The lowest BCUT2D eigenvalue weighted by molar-refractivity contribution is -0.118. The first-order chi connectivity index (χ1) is 16.9. The largest absolute Gasteiger partial charge is 0.355 e. The molecule has 188 valence electrons. The number of benzene rings is 1. The van der Waals surface area contributed by atoms with Gasteiger partial charge in [-0.3, -0.25) is 4.79 Å². The van der Waals surface area contributed by atoms with E-state index < -0.39 is 0 Å². The first kappa shape index (κ1) is 25.6. The second-order valence-corrected chi connectivity index (χ2v) is 10.6. The molecule has 1 fully saturated rings. The third-order valence-corrected chi connectivity index (χ3v) is 7.87. The van der Waals surface area contributed by atoms with Crippen LogP contribution in [0.2, 0.25) is 0 Å². The number of thioether (sulfide) groups is 1. The van der Waals surface area contributed by atoms with Crippen LogP contribution in [0.25, 0.3) is 5.78 Å². The van der Waals surface area contributed by atoms with E-state index in [1.54, 1.807) is 4.52 Å². The molecule has 1 aromatic carbocycles. The van der Waals surface area contributed by atoms with Crippen molar-refractivity contribution >= 4 is 23.4 Å². The summed E-state index contributed by atoms with van der Waals surface area (Å²) >= 11 is 1.36. The highest BCUT2D eigenvalue weighted by molar-refractivity contribution is 7.99. The molecule has 0 radical (unpaired) electrons. The van der Waals surface area contributed by atoms with Crippen molar-refractivity contribution in [3.8, 4) is 0 Å². The fraction of sp³-hybridized carbons (Fsp3) is 0.556. The molecular formula is C27H38N6OS. The van der Waals surface area contributed by atoms with Crippen molar-refractivity contribution in [2.24, 2.45) is 0 Å². The minimum Gasteiger partial charge on any atom is -0.355 e. The zero-order valence-electron chi connectivity index (χ0n) is 21.5. The van der Waals surface area contributed by atoms with Gasteiger partial charge in [-0.25, -0.2) is 9.50 Å². The van der Waals surface area contributed by atoms with Crippen LogP contribution in [0.5, 0.6) is 0 Å². The van der Waals surface area contributed by atoms with E-state index in [0.29, 0.717) is 29.3 Å². The lowest BCUT2D eigenvalue weighted by atomic mass is 10.00. The van der Waals surface area contributed by atoms with Gasteiger partial charge in [-0.15, -0.1) is 5.10 Å². The number of rotatable bonds is 10. The number of hydrogen-bond acceptors (Lipinski definition) is 6. The van der Waals surface area contributed by atoms with E-state index in [0.717, 1.165) is 30.8 Å². The summed E-state index contributed by atoms with van der Waals surface area (Å²) < 4.78 is 1.81. The van der Waals surface area contributed by atoms with Crippen LogP contribution in [0.4, 0.5) is 0 Å². The van der Waals surface area contributed by atoms with Gasteiger partial charge in [0.25, 0.3) is 5.78 Å². The third-order valence-electron chi connectivity index (χ3n) is 7.03. The van der Waals surface area contributed by atoms with E-state index >= 15 is 0 Å². The topological polar surface area (TPSA) is 75.4 Å². The molecule has 1 N–H and O–H groups in total. The van der Waals surface area contributed by atoms with Crippen LogP contribution in [0.3, 0.4) is 0 Å². The zero-order chi connectivity index (χ0) is 24.8. The molecule has 2 aromatic heterocycles. The summed E-state index contributed by atoms with van der Waals surface area (Å²) in [5.74, 6) is 0.926. The van der Waals surface area contributed by atoms with Gasteiger partial charge >= 0.3 is 0 Å². The van der Waals surface area contributed by atoms with Crippen LogP contribution in [-0.4, -0.2) is 61.8 Å². The Hall–Kier alpha value is -2.45. The lowest BCUT2D eigenvalue weighted by Gasteiger charge is -2.35. The predicted octanol–water partition coefficient (Wildman–Crippen LogP) is 4.50. The average Bonchev–Trinajstić information content (AvgIpc) is 3.27. The molecule has 35 heavy (non-hydrogen) atoms. The Morgan fingerprint density at radius 1 is 1.14 bits per heavy atom. The first-order valence-electron chi connectivity index (χ1n) is 12.9. The van der Waals surface area contributed by atoms with Gasteiger partial charge in [0.15, 0.2) is 0 Å². The van der Waals surface area contributed by atoms with Crippen molar-refractivity contribution in [1.29, 1.82) is 0 Å². The van der Waals surface area contributed by atoms with E-state index in [9.17, 15) is 4.79 Å². The van der Waals surface area contributed by atoms with Crippen molar-refractivity contribution in [2.45, 2.75) is 77.4 Å². The van der Waals surface area contributed by atoms with Gasteiger partial charge in [-0.1, -0.05) is 54.9 Å². The Kier molecular flexibility index (Phi) is 8.78.